The number of carbonyl (C=O) groups excluding carboxylic acids is 1. The number of ketones is 1. The minimum absolute atomic E-state index is 0.105. The van der Waals surface area contributed by atoms with Gasteiger partial charge in [-0.3, -0.25) is 4.79 Å². The molecule has 2 aromatic carbocycles. The van der Waals surface area contributed by atoms with Crippen LogP contribution in [0.4, 0.5) is 0 Å². The van der Waals surface area contributed by atoms with E-state index >= 15 is 0 Å². The normalized spacial score (nSPS) is 10.1. The summed E-state index contributed by atoms with van der Waals surface area (Å²) in [5, 5.41) is 0. The van der Waals surface area contributed by atoms with E-state index in [2.05, 4.69) is 0 Å². The zero-order valence-corrected chi connectivity index (χ0v) is 12.3. The van der Waals surface area contributed by atoms with Crippen molar-refractivity contribution >= 4 is 17.5 Å². The molecule has 0 atom stereocenters. The second kappa shape index (κ2) is 7.01. The first-order valence-electron chi connectivity index (χ1n) is 6.17. The SMILES string of the molecule is COc1ccc(SCC(=O)c2ccccc2)c(OC)c1. The van der Waals surface area contributed by atoms with E-state index in [0.717, 1.165) is 22.0 Å². The molecule has 0 saturated carbocycles. The van der Waals surface area contributed by atoms with Gasteiger partial charge in [0.1, 0.15) is 11.5 Å². The minimum atomic E-state index is 0.105. The molecule has 0 N–H and O–H groups in total. The topological polar surface area (TPSA) is 35.5 Å². The first kappa shape index (κ1) is 14.5. The van der Waals surface area contributed by atoms with Crippen molar-refractivity contribution in [1.82, 2.24) is 0 Å². The fourth-order valence-electron chi connectivity index (χ4n) is 1.74. The Morgan fingerprint density at radius 3 is 2.45 bits per heavy atom. The Hall–Kier alpha value is -1.94. The molecule has 2 aromatic rings. The van der Waals surface area contributed by atoms with Crippen molar-refractivity contribution in [3.63, 3.8) is 0 Å². The number of carbonyl (C=O) groups is 1. The predicted octanol–water partition coefficient (Wildman–Crippen LogP) is 3.68. The lowest BCUT2D eigenvalue weighted by Gasteiger charge is -2.09. The summed E-state index contributed by atoms with van der Waals surface area (Å²) in [7, 11) is 3.22. The van der Waals surface area contributed by atoms with E-state index in [1.54, 1.807) is 14.2 Å². The molecular formula is C16H16O3S. The van der Waals surface area contributed by atoms with Gasteiger partial charge >= 0.3 is 0 Å². The van der Waals surface area contributed by atoms with E-state index in [9.17, 15) is 4.79 Å². The quantitative estimate of drug-likeness (QED) is 0.600. The fourth-order valence-corrected chi connectivity index (χ4v) is 2.65. The molecular weight excluding hydrogens is 272 g/mol. The highest BCUT2D eigenvalue weighted by Crippen LogP contribution is 2.32. The number of ether oxygens (including phenoxy) is 2. The molecule has 0 aromatic heterocycles. The van der Waals surface area contributed by atoms with Gasteiger partial charge in [-0.15, -0.1) is 11.8 Å². The van der Waals surface area contributed by atoms with Gasteiger partial charge in [0.05, 0.1) is 24.9 Å². The number of benzene rings is 2. The predicted molar refractivity (Wildman–Crippen MR) is 81.0 cm³/mol. The molecule has 0 aliphatic rings. The summed E-state index contributed by atoms with van der Waals surface area (Å²) in [5.41, 5.74) is 0.729. The van der Waals surface area contributed by atoms with Crippen LogP contribution in [0.2, 0.25) is 0 Å². The molecule has 3 nitrogen and oxygen atoms in total. The smallest absolute Gasteiger partial charge is 0.173 e. The lowest BCUT2D eigenvalue weighted by molar-refractivity contribution is 0.102. The van der Waals surface area contributed by atoms with Gasteiger partial charge in [0.25, 0.3) is 0 Å². The van der Waals surface area contributed by atoms with Crippen molar-refractivity contribution in [2.24, 2.45) is 0 Å². The molecule has 2 rings (SSSR count). The van der Waals surface area contributed by atoms with Crippen molar-refractivity contribution < 1.29 is 14.3 Å². The molecule has 0 aliphatic carbocycles. The zero-order valence-electron chi connectivity index (χ0n) is 11.5. The maximum Gasteiger partial charge on any atom is 0.173 e. The standard InChI is InChI=1S/C16H16O3S/c1-18-13-8-9-16(15(10-13)19-2)20-11-14(17)12-6-4-3-5-7-12/h3-10H,11H2,1-2H3. The van der Waals surface area contributed by atoms with E-state index in [1.165, 1.54) is 11.8 Å². The van der Waals surface area contributed by atoms with Crippen LogP contribution in [0.15, 0.2) is 53.4 Å². The number of thioether (sulfide) groups is 1. The maximum absolute atomic E-state index is 12.1. The Bertz CT molecular complexity index is 582. The molecule has 104 valence electrons. The number of rotatable bonds is 6. The van der Waals surface area contributed by atoms with Crippen LogP contribution in [0.25, 0.3) is 0 Å². The first-order chi connectivity index (χ1) is 9.74. The molecule has 0 radical (unpaired) electrons. The summed E-state index contributed by atoms with van der Waals surface area (Å²) >= 11 is 1.46. The first-order valence-corrected chi connectivity index (χ1v) is 7.16. The van der Waals surface area contributed by atoms with Gasteiger partial charge in [-0.2, -0.15) is 0 Å². The molecule has 0 spiro atoms. The third kappa shape index (κ3) is 3.54. The maximum atomic E-state index is 12.1. The highest BCUT2D eigenvalue weighted by molar-refractivity contribution is 8.00. The van der Waals surface area contributed by atoms with Gasteiger partial charge in [-0.05, 0) is 12.1 Å². The summed E-state index contributed by atoms with van der Waals surface area (Å²) in [4.78, 5) is 13.0. The Labute approximate surface area is 122 Å². The molecule has 4 heteroatoms. The lowest BCUT2D eigenvalue weighted by atomic mass is 10.2. The van der Waals surface area contributed by atoms with E-state index in [-0.39, 0.29) is 5.78 Å². The lowest BCUT2D eigenvalue weighted by Crippen LogP contribution is -2.02. The van der Waals surface area contributed by atoms with Crippen molar-refractivity contribution in [3.05, 3.63) is 54.1 Å². The third-order valence-electron chi connectivity index (χ3n) is 2.83. The molecule has 0 unspecified atom stereocenters. The summed E-state index contributed by atoms with van der Waals surface area (Å²) in [6.07, 6.45) is 0. The van der Waals surface area contributed by atoms with E-state index in [0.29, 0.717) is 5.75 Å². The van der Waals surface area contributed by atoms with E-state index < -0.39 is 0 Å². The van der Waals surface area contributed by atoms with Crippen molar-refractivity contribution in [2.45, 2.75) is 4.90 Å². The third-order valence-corrected chi connectivity index (χ3v) is 3.88. The van der Waals surface area contributed by atoms with Gasteiger partial charge < -0.3 is 9.47 Å². The number of hydrogen-bond acceptors (Lipinski definition) is 4. The van der Waals surface area contributed by atoms with Crippen molar-refractivity contribution in [2.75, 3.05) is 20.0 Å². The zero-order chi connectivity index (χ0) is 14.4. The second-order valence-electron chi connectivity index (χ2n) is 4.09. The Morgan fingerprint density at radius 1 is 1.05 bits per heavy atom. The molecule has 0 saturated heterocycles. The van der Waals surface area contributed by atoms with Gasteiger partial charge in [0.2, 0.25) is 0 Å². The molecule has 0 fully saturated rings. The van der Waals surface area contributed by atoms with E-state index in [1.807, 2.05) is 48.5 Å². The van der Waals surface area contributed by atoms with Crippen molar-refractivity contribution in [3.8, 4) is 11.5 Å². The summed E-state index contributed by atoms with van der Waals surface area (Å²) in [5.74, 6) is 1.94. The van der Waals surface area contributed by atoms with E-state index in [4.69, 9.17) is 9.47 Å². The number of methoxy groups -OCH3 is 2. The average Bonchev–Trinajstić information content (AvgIpc) is 2.53. The highest BCUT2D eigenvalue weighted by atomic mass is 32.2. The summed E-state index contributed by atoms with van der Waals surface area (Å²) in [6, 6.07) is 14.9. The van der Waals surface area contributed by atoms with Crippen LogP contribution in [0.3, 0.4) is 0 Å². The average molecular weight is 288 g/mol. The molecule has 0 amide bonds. The van der Waals surface area contributed by atoms with Gasteiger partial charge in [-0.25, -0.2) is 0 Å². The summed E-state index contributed by atoms with van der Waals surface area (Å²) in [6.45, 7) is 0. The Kier molecular flexibility index (Phi) is 5.07. The Morgan fingerprint density at radius 2 is 1.80 bits per heavy atom. The fraction of sp³-hybridized carbons (Fsp3) is 0.188. The largest absolute Gasteiger partial charge is 0.497 e. The van der Waals surface area contributed by atoms with Crippen LogP contribution in [-0.4, -0.2) is 25.8 Å². The van der Waals surface area contributed by atoms with Gasteiger partial charge in [-0.1, -0.05) is 30.3 Å². The van der Waals surface area contributed by atoms with Crippen LogP contribution in [0.1, 0.15) is 10.4 Å². The monoisotopic (exact) mass is 288 g/mol. The molecule has 0 bridgehead atoms. The molecule has 20 heavy (non-hydrogen) atoms. The van der Waals surface area contributed by atoms with Crippen LogP contribution in [0, 0.1) is 0 Å². The van der Waals surface area contributed by atoms with Crippen molar-refractivity contribution in [1.29, 1.82) is 0 Å². The second-order valence-corrected chi connectivity index (χ2v) is 5.11. The molecule has 0 aliphatic heterocycles. The Balaban J connectivity index is 2.05. The minimum Gasteiger partial charge on any atom is -0.497 e. The summed E-state index contributed by atoms with van der Waals surface area (Å²) < 4.78 is 10.5. The van der Waals surface area contributed by atoms with Crippen LogP contribution in [-0.2, 0) is 0 Å². The number of Topliss-reactive ketones (excluding diaryl/α,β-unsaturated/α-hetero) is 1. The molecule has 0 heterocycles. The van der Waals surface area contributed by atoms with Crippen LogP contribution in [0.5, 0.6) is 11.5 Å². The van der Waals surface area contributed by atoms with Crippen LogP contribution < -0.4 is 9.47 Å². The van der Waals surface area contributed by atoms with Gasteiger partial charge in [0, 0.05) is 11.6 Å². The van der Waals surface area contributed by atoms with Gasteiger partial charge in [0.15, 0.2) is 5.78 Å². The van der Waals surface area contributed by atoms with Crippen LogP contribution >= 0.6 is 11.8 Å². The highest BCUT2D eigenvalue weighted by Gasteiger charge is 2.10. The number of hydrogen-bond donors (Lipinski definition) is 0.